The summed E-state index contributed by atoms with van der Waals surface area (Å²) in [4.78, 5) is 15.9. The van der Waals surface area contributed by atoms with Gasteiger partial charge < -0.3 is 24.8 Å². The molecule has 0 saturated heterocycles. The number of nitrogens with zero attached hydrogens (tertiary/aromatic N) is 1. The van der Waals surface area contributed by atoms with Gasteiger partial charge >= 0.3 is 5.97 Å². The van der Waals surface area contributed by atoms with Crippen LogP contribution < -0.4 is 15.4 Å². The lowest BCUT2D eigenvalue weighted by molar-refractivity contribution is -0.153. The number of halogens is 1. The van der Waals surface area contributed by atoms with Crippen molar-refractivity contribution in [2.45, 2.75) is 32.8 Å². The summed E-state index contributed by atoms with van der Waals surface area (Å²) in [5, 5.41) is 6.04. The predicted octanol–water partition coefficient (Wildman–Crippen LogP) is 3.05. The van der Waals surface area contributed by atoms with Crippen molar-refractivity contribution in [2.75, 3.05) is 39.2 Å². The zero-order valence-electron chi connectivity index (χ0n) is 16.1. The standard InChI is InChI=1S/C18H29N3O4.HI/c1-18(2,3)25-16(22)13-20-17(19-4)21-14-8-6-9-15(12-14)24-11-7-10-23-5;/h6,8-9,12H,7,10-11,13H2,1-5H3,(H2,19,20,21);1H. The predicted molar refractivity (Wildman–Crippen MR) is 115 cm³/mol. The molecule has 148 valence electrons. The highest BCUT2D eigenvalue weighted by molar-refractivity contribution is 14.0. The van der Waals surface area contributed by atoms with E-state index in [9.17, 15) is 4.79 Å². The summed E-state index contributed by atoms with van der Waals surface area (Å²) < 4.78 is 15.9. The molecule has 0 aliphatic carbocycles. The number of nitrogens with one attached hydrogen (secondary N) is 2. The first kappa shape index (κ1) is 24.5. The molecule has 0 bridgehead atoms. The number of benzene rings is 1. The van der Waals surface area contributed by atoms with Crippen LogP contribution in [0, 0.1) is 0 Å². The monoisotopic (exact) mass is 479 g/mol. The van der Waals surface area contributed by atoms with Crippen molar-refractivity contribution in [3.63, 3.8) is 0 Å². The number of methoxy groups -OCH3 is 1. The number of carbonyl (C=O) groups is 1. The molecule has 0 heterocycles. The van der Waals surface area contributed by atoms with E-state index in [1.165, 1.54) is 0 Å². The molecular formula is C18H30IN3O4. The Morgan fingerprint density at radius 1 is 1.23 bits per heavy atom. The second-order valence-corrected chi connectivity index (χ2v) is 6.36. The molecule has 1 rings (SSSR count). The van der Waals surface area contributed by atoms with Gasteiger partial charge in [0.25, 0.3) is 0 Å². The van der Waals surface area contributed by atoms with E-state index in [2.05, 4.69) is 15.6 Å². The quantitative estimate of drug-likeness (QED) is 0.196. The van der Waals surface area contributed by atoms with Crippen LogP contribution in [0.3, 0.4) is 0 Å². The van der Waals surface area contributed by atoms with Crippen LogP contribution in [0.2, 0.25) is 0 Å². The van der Waals surface area contributed by atoms with Gasteiger partial charge in [0.2, 0.25) is 0 Å². The van der Waals surface area contributed by atoms with Crippen LogP contribution in [0.25, 0.3) is 0 Å². The summed E-state index contributed by atoms with van der Waals surface area (Å²) in [6.45, 7) is 6.77. The van der Waals surface area contributed by atoms with Crippen LogP contribution in [0.5, 0.6) is 5.75 Å². The van der Waals surface area contributed by atoms with Gasteiger partial charge in [0, 0.05) is 38.9 Å². The van der Waals surface area contributed by atoms with E-state index in [0.717, 1.165) is 17.9 Å². The van der Waals surface area contributed by atoms with Crippen molar-refractivity contribution >= 4 is 41.6 Å². The van der Waals surface area contributed by atoms with Gasteiger partial charge in [-0.3, -0.25) is 9.79 Å². The summed E-state index contributed by atoms with van der Waals surface area (Å²) in [5.41, 5.74) is 0.297. The van der Waals surface area contributed by atoms with Gasteiger partial charge in [-0.05, 0) is 32.9 Å². The molecule has 0 saturated carbocycles. The van der Waals surface area contributed by atoms with Crippen molar-refractivity contribution < 1.29 is 19.0 Å². The normalized spacial score (nSPS) is 11.3. The third-order valence-electron chi connectivity index (χ3n) is 2.90. The smallest absolute Gasteiger partial charge is 0.325 e. The van der Waals surface area contributed by atoms with E-state index in [1.54, 1.807) is 14.2 Å². The second kappa shape index (κ2) is 12.7. The highest BCUT2D eigenvalue weighted by Gasteiger charge is 2.16. The van der Waals surface area contributed by atoms with E-state index in [4.69, 9.17) is 14.2 Å². The zero-order valence-corrected chi connectivity index (χ0v) is 18.5. The number of aliphatic imine (C=N–C) groups is 1. The average molecular weight is 479 g/mol. The third-order valence-corrected chi connectivity index (χ3v) is 2.90. The Kier molecular flexibility index (Phi) is 12.0. The van der Waals surface area contributed by atoms with Crippen molar-refractivity contribution in [1.82, 2.24) is 5.32 Å². The summed E-state index contributed by atoms with van der Waals surface area (Å²) in [6.07, 6.45) is 0.827. The fourth-order valence-electron chi connectivity index (χ4n) is 1.91. The first-order valence-corrected chi connectivity index (χ1v) is 8.25. The van der Waals surface area contributed by atoms with Gasteiger partial charge in [0.15, 0.2) is 5.96 Å². The lowest BCUT2D eigenvalue weighted by atomic mass is 10.2. The van der Waals surface area contributed by atoms with Crippen LogP contribution in [0.15, 0.2) is 29.3 Å². The van der Waals surface area contributed by atoms with Gasteiger partial charge in [-0.2, -0.15) is 0 Å². The Morgan fingerprint density at radius 2 is 1.96 bits per heavy atom. The van der Waals surface area contributed by atoms with E-state index in [1.807, 2.05) is 45.0 Å². The van der Waals surface area contributed by atoms with E-state index < -0.39 is 5.60 Å². The molecule has 0 amide bonds. The topological polar surface area (TPSA) is 81.2 Å². The molecule has 8 heteroatoms. The number of ether oxygens (including phenoxy) is 3. The van der Waals surface area contributed by atoms with Crippen LogP contribution in [0.1, 0.15) is 27.2 Å². The van der Waals surface area contributed by atoms with E-state index in [-0.39, 0.29) is 36.5 Å². The molecule has 0 unspecified atom stereocenters. The molecule has 1 aromatic carbocycles. The highest BCUT2D eigenvalue weighted by Crippen LogP contribution is 2.17. The maximum Gasteiger partial charge on any atom is 0.325 e. The minimum atomic E-state index is -0.510. The Bertz CT molecular complexity index is 574. The van der Waals surface area contributed by atoms with Crippen LogP contribution >= 0.6 is 24.0 Å². The van der Waals surface area contributed by atoms with E-state index >= 15 is 0 Å². The SMILES string of the molecule is CN=C(NCC(=O)OC(C)(C)C)Nc1cccc(OCCCOC)c1.I. The van der Waals surface area contributed by atoms with Gasteiger partial charge in [-0.25, -0.2) is 0 Å². The van der Waals surface area contributed by atoms with Crippen molar-refractivity contribution in [3.05, 3.63) is 24.3 Å². The molecule has 0 radical (unpaired) electrons. The Balaban J connectivity index is 0.00000625. The number of carbonyl (C=O) groups excluding carboxylic acids is 1. The maximum absolute atomic E-state index is 11.8. The molecule has 1 aromatic rings. The zero-order chi connectivity index (χ0) is 18.7. The number of anilines is 1. The molecule has 26 heavy (non-hydrogen) atoms. The van der Waals surface area contributed by atoms with Crippen LogP contribution in [-0.4, -0.2) is 51.4 Å². The lowest BCUT2D eigenvalue weighted by Gasteiger charge is -2.20. The Labute approximate surface area is 172 Å². The minimum absolute atomic E-state index is 0. The number of rotatable bonds is 8. The highest BCUT2D eigenvalue weighted by atomic mass is 127. The molecular weight excluding hydrogens is 449 g/mol. The number of guanidine groups is 1. The maximum atomic E-state index is 11.8. The van der Waals surface area contributed by atoms with Crippen molar-refractivity contribution in [3.8, 4) is 5.75 Å². The Hall–Kier alpha value is -1.55. The first-order chi connectivity index (χ1) is 11.8. The molecule has 7 nitrogen and oxygen atoms in total. The van der Waals surface area contributed by atoms with Crippen LogP contribution in [-0.2, 0) is 14.3 Å². The van der Waals surface area contributed by atoms with Crippen molar-refractivity contribution in [1.29, 1.82) is 0 Å². The summed E-state index contributed by atoms with van der Waals surface area (Å²) in [7, 11) is 3.30. The molecule has 0 aromatic heterocycles. The summed E-state index contributed by atoms with van der Waals surface area (Å²) >= 11 is 0. The van der Waals surface area contributed by atoms with Gasteiger partial charge in [-0.1, -0.05) is 6.07 Å². The minimum Gasteiger partial charge on any atom is -0.493 e. The van der Waals surface area contributed by atoms with Gasteiger partial charge in [0.05, 0.1) is 6.61 Å². The van der Waals surface area contributed by atoms with E-state index in [0.29, 0.717) is 19.2 Å². The van der Waals surface area contributed by atoms with Crippen molar-refractivity contribution in [2.24, 2.45) is 4.99 Å². The number of hydrogen-bond acceptors (Lipinski definition) is 5. The first-order valence-electron chi connectivity index (χ1n) is 8.25. The molecule has 0 aliphatic heterocycles. The van der Waals surface area contributed by atoms with Crippen LogP contribution in [0.4, 0.5) is 5.69 Å². The fraction of sp³-hybridized carbons (Fsp3) is 0.556. The summed E-state index contributed by atoms with van der Waals surface area (Å²) in [5.74, 6) is 0.886. The van der Waals surface area contributed by atoms with Gasteiger partial charge in [0.1, 0.15) is 17.9 Å². The lowest BCUT2D eigenvalue weighted by Crippen LogP contribution is -2.37. The molecule has 0 aliphatic rings. The molecule has 2 N–H and O–H groups in total. The third kappa shape index (κ3) is 11.1. The molecule has 0 spiro atoms. The molecule has 0 fully saturated rings. The Morgan fingerprint density at radius 3 is 2.58 bits per heavy atom. The molecule has 0 atom stereocenters. The fourth-order valence-corrected chi connectivity index (χ4v) is 1.91. The number of esters is 1. The number of hydrogen-bond donors (Lipinski definition) is 2. The summed E-state index contributed by atoms with van der Waals surface area (Å²) in [6, 6.07) is 7.53. The largest absolute Gasteiger partial charge is 0.493 e. The van der Waals surface area contributed by atoms with Gasteiger partial charge in [-0.15, -0.1) is 24.0 Å². The average Bonchev–Trinajstić information content (AvgIpc) is 2.54. The second-order valence-electron chi connectivity index (χ2n) is 6.36.